The average molecular weight is 417 g/mol. The molecule has 0 radical (unpaired) electrons. The molecule has 2 fully saturated rings. The lowest BCUT2D eigenvalue weighted by Crippen LogP contribution is -2.49. The molecule has 1 saturated heterocycles. The number of carbonyl (C=O) groups excluding carboxylic acids is 3. The van der Waals surface area contributed by atoms with Crippen molar-refractivity contribution in [3.8, 4) is 0 Å². The highest BCUT2D eigenvalue weighted by molar-refractivity contribution is 7.17. The van der Waals surface area contributed by atoms with E-state index in [1.165, 1.54) is 0 Å². The molecule has 0 bridgehead atoms. The summed E-state index contributed by atoms with van der Waals surface area (Å²) in [4.78, 5) is 45.3. The molecular formula is C21H28N4O3S. The van der Waals surface area contributed by atoms with Gasteiger partial charge in [-0.1, -0.05) is 6.42 Å². The van der Waals surface area contributed by atoms with Gasteiger partial charge in [-0.25, -0.2) is 0 Å². The summed E-state index contributed by atoms with van der Waals surface area (Å²) < 4.78 is 0. The van der Waals surface area contributed by atoms with E-state index in [0.29, 0.717) is 37.5 Å². The Morgan fingerprint density at radius 1 is 1.17 bits per heavy atom. The van der Waals surface area contributed by atoms with Crippen LogP contribution in [-0.2, 0) is 22.6 Å². The Morgan fingerprint density at radius 3 is 2.72 bits per heavy atom. The first-order chi connectivity index (χ1) is 14.0. The van der Waals surface area contributed by atoms with Gasteiger partial charge in [0.25, 0.3) is 5.91 Å². The fourth-order valence-corrected chi connectivity index (χ4v) is 6.06. The van der Waals surface area contributed by atoms with E-state index in [4.69, 9.17) is 0 Å². The molecule has 1 aromatic heterocycles. The van der Waals surface area contributed by atoms with Crippen LogP contribution in [0.4, 0.5) is 5.00 Å². The van der Waals surface area contributed by atoms with E-state index in [-0.39, 0.29) is 30.3 Å². The van der Waals surface area contributed by atoms with Gasteiger partial charge in [-0.2, -0.15) is 0 Å². The quantitative estimate of drug-likeness (QED) is 0.813. The maximum Gasteiger partial charge on any atom is 0.257 e. The van der Waals surface area contributed by atoms with Crippen molar-refractivity contribution in [3.63, 3.8) is 0 Å². The van der Waals surface area contributed by atoms with Crippen molar-refractivity contribution in [1.82, 2.24) is 15.1 Å². The third-order valence-electron chi connectivity index (χ3n) is 6.58. The Balaban J connectivity index is 1.45. The number of anilines is 1. The van der Waals surface area contributed by atoms with Gasteiger partial charge in [-0.3, -0.25) is 14.4 Å². The van der Waals surface area contributed by atoms with Gasteiger partial charge in [0.05, 0.1) is 18.2 Å². The summed E-state index contributed by atoms with van der Waals surface area (Å²) in [6.07, 6.45) is 6.12. The lowest BCUT2D eigenvalue weighted by Gasteiger charge is -2.32. The minimum absolute atomic E-state index is 0.00411. The van der Waals surface area contributed by atoms with Crippen LogP contribution >= 0.6 is 11.3 Å². The molecule has 4 aliphatic rings. The van der Waals surface area contributed by atoms with Gasteiger partial charge in [-0.15, -0.1) is 11.3 Å². The number of hydrogen-bond acceptors (Lipinski definition) is 5. The number of likely N-dealkylation sites (N-methyl/N-ethyl adjacent to an activating group) is 1. The number of piperidine rings is 1. The molecule has 1 N–H and O–H groups in total. The lowest BCUT2D eigenvalue weighted by molar-refractivity contribution is -0.134. The second-order valence-electron chi connectivity index (χ2n) is 8.81. The lowest BCUT2D eigenvalue weighted by atomic mass is 9.99. The summed E-state index contributed by atoms with van der Waals surface area (Å²) in [6.45, 7) is 2.94. The number of carbonyl (C=O) groups is 3. The highest BCUT2D eigenvalue weighted by Gasteiger charge is 2.39. The largest absolute Gasteiger partial charge is 0.336 e. The van der Waals surface area contributed by atoms with E-state index in [1.807, 2.05) is 9.80 Å². The Labute approximate surface area is 175 Å². The minimum Gasteiger partial charge on any atom is -0.336 e. The number of amides is 3. The maximum atomic E-state index is 13.1. The van der Waals surface area contributed by atoms with E-state index in [1.54, 1.807) is 23.3 Å². The fraction of sp³-hybridized carbons (Fsp3) is 0.667. The van der Waals surface area contributed by atoms with E-state index < -0.39 is 0 Å². The summed E-state index contributed by atoms with van der Waals surface area (Å²) in [5.41, 5.74) is 1.76. The van der Waals surface area contributed by atoms with Crippen LogP contribution in [-0.4, -0.2) is 66.8 Å². The van der Waals surface area contributed by atoms with Crippen LogP contribution in [0.25, 0.3) is 0 Å². The molecule has 0 aromatic carbocycles. The Hall–Kier alpha value is -1.93. The zero-order valence-electron chi connectivity index (χ0n) is 16.9. The van der Waals surface area contributed by atoms with Crippen LogP contribution in [0.1, 0.15) is 52.9 Å². The van der Waals surface area contributed by atoms with Crippen LogP contribution in [0, 0.1) is 5.92 Å². The van der Waals surface area contributed by atoms with Crippen molar-refractivity contribution in [2.45, 2.75) is 51.1 Å². The monoisotopic (exact) mass is 416 g/mol. The van der Waals surface area contributed by atoms with Crippen molar-refractivity contribution in [2.75, 3.05) is 38.1 Å². The molecule has 0 unspecified atom stereocenters. The molecule has 1 saturated carbocycles. The van der Waals surface area contributed by atoms with Crippen molar-refractivity contribution in [3.05, 3.63) is 16.0 Å². The molecule has 29 heavy (non-hydrogen) atoms. The second-order valence-corrected chi connectivity index (χ2v) is 9.89. The molecule has 3 amide bonds. The van der Waals surface area contributed by atoms with E-state index in [0.717, 1.165) is 54.1 Å². The molecule has 156 valence electrons. The number of fused-ring (bicyclic) bond motifs is 3. The van der Waals surface area contributed by atoms with Crippen molar-refractivity contribution >= 4 is 34.1 Å². The third kappa shape index (κ3) is 3.46. The van der Waals surface area contributed by atoms with E-state index >= 15 is 0 Å². The van der Waals surface area contributed by atoms with Gasteiger partial charge >= 0.3 is 0 Å². The molecule has 7 nitrogen and oxygen atoms in total. The second kappa shape index (κ2) is 7.40. The van der Waals surface area contributed by atoms with Gasteiger partial charge in [0.2, 0.25) is 11.8 Å². The number of rotatable bonds is 3. The minimum atomic E-state index is -0.0798. The summed E-state index contributed by atoms with van der Waals surface area (Å²) in [6, 6.07) is -0.0798. The molecule has 8 heteroatoms. The van der Waals surface area contributed by atoms with Gasteiger partial charge in [0.1, 0.15) is 11.5 Å². The molecule has 1 aromatic rings. The van der Waals surface area contributed by atoms with Crippen LogP contribution in [0.5, 0.6) is 0 Å². The fourth-order valence-electron chi connectivity index (χ4n) is 4.68. The highest BCUT2D eigenvalue weighted by Crippen LogP contribution is 2.43. The first-order valence-electron chi connectivity index (χ1n) is 10.8. The predicted octanol–water partition coefficient (Wildman–Crippen LogP) is 1.60. The van der Waals surface area contributed by atoms with Gasteiger partial charge in [0.15, 0.2) is 0 Å². The maximum absolute atomic E-state index is 13.1. The Kier molecular flexibility index (Phi) is 4.86. The van der Waals surface area contributed by atoms with Crippen LogP contribution in [0.15, 0.2) is 0 Å². The molecule has 3 aliphatic heterocycles. The highest BCUT2D eigenvalue weighted by atomic mass is 32.1. The van der Waals surface area contributed by atoms with E-state index in [9.17, 15) is 14.4 Å². The van der Waals surface area contributed by atoms with Gasteiger partial charge in [0, 0.05) is 25.0 Å². The average Bonchev–Trinajstić information content (AvgIpc) is 3.49. The van der Waals surface area contributed by atoms with E-state index in [2.05, 4.69) is 5.32 Å². The van der Waals surface area contributed by atoms with Crippen LogP contribution in [0.2, 0.25) is 0 Å². The SMILES string of the molecule is CN1CC(=O)N(CC2CC2)c2sc3c(c2C1=O)CCN(C(=O)[C@@H]1CCCCN1)C3. The summed E-state index contributed by atoms with van der Waals surface area (Å²) in [7, 11) is 1.71. The van der Waals surface area contributed by atoms with Crippen molar-refractivity contribution in [2.24, 2.45) is 5.92 Å². The molecule has 1 atom stereocenters. The molecule has 1 aliphatic carbocycles. The predicted molar refractivity (Wildman–Crippen MR) is 111 cm³/mol. The smallest absolute Gasteiger partial charge is 0.257 e. The number of nitrogens with one attached hydrogen (secondary N) is 1. The summed E-state index contributed by atoms with van der Waals surface area (Å²) in [5, 5.41) is 4.16. The summed E-state index contributed by atoms with van der Waals surface area (Å²) >= 11 is 1.55. The molecule has 5 rings (SSSR count). The number of hydrogen-bond donors (Lipinski definition) is 1. The van der Waals surface area contributed by atoms with Crippen LogP contribution in [0.3, 0.4) is 0 Å². The first kappa shape index (κ1) is 19.1. The number of thiophene rings is 1. The number of nitrogens with zero attached hydrogens (tertiary/aromatic N) is 3. The van der Waals surface area contributed by atoms with Crippen molar-refractivity contribution < 1.29 is 14.4 Å². The Bertz CT molecular complexity index is 856. The van der Waals surface area contributed by atoms with Gasteiger partial charge < -0.3 is 20.0 Å². The zero-order valence-corrected chi connectivity index (χ0v) is 17.7. The standard InChI is InChI=1S/C21H28N4O3S/c1-23-12-17(26)25(10-13-5-6-13)21-18(20(23)28)14-7-9-24(11-16(14)29-21)19(27)15-4-2-3-8-22-15/h13,15,22H,2-12H2,1H3/t15-/m0/s1. The third-order valence-corrected chi connectivity index (χ3v) is 7.82. The molecule has 4 heterocycles. The summed E-state index contributed by atoms with van der Waals surface area (Å²) in [5.74, 6) is 0.676. The Morgan fingerprint density at radius 2 is 2.00 bits per heavy atom. The first-order valence-corrected chi connectivity index (χ1v) is 11.6. The zero-order chi connectivity index (χ0) is 20.1. The normalized spacial score (nSPS) is 25.0. The molecular weight excluding hydrogens is 388 g/mol. The molecule has 0 spiro atoms. The van der Waals surface area contributed by atoms with Gasteiger partial charge in [-0.05, 0) is 50.1 Å². The topological polar surface area (TPSA) is 73.0 Å². The van der Waals surface area contributed by atoms with Crippen LogP contribution < -0.4 is 10.2 Å². The van der Waals surface area contributed by atoms with Crippen molar-refractivity contribution in [1.29, 1.82) is 0 Å².